The van der Waals surface area contributed by atoms with E-state index in [1.807, 2.05) is 25.3 Å². The minimum atomic E-state index is -0.639. The molecule has 5 N–H and O–H groups in total. The third kappa shape index (κ3) is 4.12. The first-order valence-electron chi connectivity index (χ1n) is 7.09. The van der Waals surface area contributed by atoms with E-state index in [2.05, 4.69) is 0 Å². The normalized spacial score (nSPS) is 11.0. The predicted molar refractivity (Wildman–Crippen MR) is 89.2 cm³/mol. The Morgan fingerprint density at radius 3 is 2.70 bits per heavy atom. The fourth-order valence-electron chi connectivity index (χ4n) is 2.00. The highest BCUT2D eigenvalue weighted by molar-refractivity contribution is 5.94. The molecule has 0 radical (unpaired) electrons. The maximum atomic E-state index is 11.7. The Balaban J connectivity index is 2.46. The van der Waals surface area contributed by atoms with Crippen molar-refractivity contribution in [2.45, 2.75) is 20.0 Å². The van der Waals surface area contributed by atoms with Gasteiger partial charge in [0.05, 0.1) is 18.1 Å². The van der Waals surface area contributed by atoms with Gasteiger partial charge in [0, 0.05) is 5.56 Å². The van der Waals surface area contributed by atoms with E-state index in [4.69, 9.17) is 20.8 Å². The van der Waals surface area contributed by atoms with Crippen molar-refractivity contribution in [3.63, 3.8) is 0 Å². The monoisotopic (exact) mass is 316 g/mol. The summed E-state index contributed by atoms with van der Waals surface area (Å²) in [4.78, 5) is 11.7. The number of hydrogen-bond acceptors (Lipinski definition) is 5. The Morgan fingerprint density at radius 1 is 1.30 bits per heavy atom. The molecule has 0 unspecified atom stereocenters. The fourth-order valence-corrected chi connectivity index (χ4v) is 2.00. The summed E-state index contributed by atoms with van der Waals surface area (Å²) < 4.78 is 11.1. The zero-order chi connectivity index (χ0) is 16.8. The molecule has 1 aromatic carbocycles. The van der Waals surface area contributed by atoms with Crippen LogP contribution in [0.4, 0.5) is 10.5 Å². The van der Waals surface area contributed by atoms with Crippen LogP contribution in [-0.2, 0) is 0 Å². The van der Waals surface area contributed by atoms with Gasteiger partial charge < -0.3 is 9.15 Å². The van der Waals surface area contributed by atoms with Crippen LogP contribution < -0.4 is 26.9 Å². The Bertz CT molecular complexity index is 681. The zero-order valence-electron chi connectivity index (χ0n) is 13.0. The lowest BCUT2D eigenvalue weighted by molar-refractivity contribution is 0.241. The summed E-state index contributed by atoms with van der Waals surface area (Å²) in [7, 11) is 0. The summed E-state index contributed by atoms with van der Waals surface area (Å²) in [6.07, 6.45) is 5.08. The van der Waals surface area contributed by atoms with Crippen molar-refractivity contribution in [2.75, 3.05) is 5.01 Å². The van der Waals surface area contributed by atoms with Crippen LogP contribution in [0.15, 0.2) is 41.0 Å². The summed E-state index contributed by atoms with van der Waals surface area (Å²) in [6.45, 7) is 3.83. The van der Waals surface area contributed by atoms with Gasteiger partial charge in [0.2, 0.25) is 0 Å². The number of carbonyl (C=O) groups excluding carboxylic acids is 1. The summed E-state index contributed by atoms with van der Waals surface area (Å²) >= 11 is 0. The van der Waals surface area contributed by atoms with Crippen LogP contribution in [0.3, 0.4) is 0 Å². The highest BCUT2D eigenvalue weighted by atomic mass is 16.5. The SMILES string of the molecule is CC(C)Oc1cccc(N(N)C(=O)NN)c1/C=C/c1ccco1. The molecule has 7 heteroatoms. The van der Waals surface area contributed by atoms with Crippen LogP contribution in [0.5, 0.6) is 5.75 Å². The number of carbonyl (C=O) groups is 1. The second-order valence-electron chi connectivity index (χ2n) is 5.02. The predicted octanol–water partition coefficient (Wildman–Crippen LogP) is 2.50. The van der Waals surface area contributed by atoms with E-state index in [1.54, 1.807) is 42.7 Å². The van der Waals surface area contributed by atoms with E-state index in [-0.39, 0.29) is 6.10 Å². The Kier molecular flexibility index (Phi) is 5.40. The van der Waals surface area contributed by atoms with Crippen molar-refractivity contribution < 1.29 is 13.9 Å². The summed E-state index contributed by atoms with van der Waals surface area (Å²) in [5, 5.41) is 0.926. The van der Waals surface area contributed by atoms with Gasteiger partial charge in [0.15, 0.2) is 0 Å². The molecule has 0 aliphatic heterocycles. The maximum absolute atomic E-state index is 11.7. The maximum Gasteiger partial charge on any atom is 0.350 e. The highest BCUT2D eigenvalue weighted by Crippen LogP contribution is 2.31. The number of benzene rings is 1. The molecule has 2 rings (SSSR count). The van der Waals surface area contributed by atoms with E-state index < -0.39 is 6.03 Å². The molecule has 7 nitrogen and oxygen atoms in total. The van der Waals surface area contributed by atoms with Gasteiger partial charge in [0.1, 0.15) is 11.5 Å². The van der Waals surface area contributed by atoms with Crippen LogP contribution in [0, 0.1) is 0 Å². The standard InChI is InChI=1S/C16H20N4O3/c1-11(2)23-15-7-3-6-14(20(18)16(21)19-17)13(15)9-8-12-5-4-10-22-12/h3-11H,17-18H2,1-2H3,(H,19,21)/b9-8+. The van der Waals surface area contributed by atoms with E-state index in [0.29, 0.717) is 22.8 Å². The smallest absolute Gasteiger partial charge is 0.350 e. The van der Waals surface area contributed by atoms with Crippen molar-refractivity contribution in [2.24, 2.45) is 11.7 Å². The van der Waals surface area contributed by atoms with E-state index >= 15 is 0 Å². The van der Waals surface area contributed by atoms with Crippen molar-refractivity contribution in [3.8, 4) is 5.75 Å². The molecule has 0 saturated heterocycles. The molecule has 2 aromatic rings. The van der Waals surface area contributed by atoms with Gasteiger partial charge in [-0.2, -0.15) is 0 Å². The Labute approximate surface area is 134 Å². The first kappa shape index (κ1) is 16.6. The average Bonchev–Trinajstić information content (AvgIpc) is 3.04. The molecule has 1 aromatic heterocycles. The number of anilines is 1. The quantitative estimate of drug-likeness (QED) is 0.446. The molecule has 23 heavy (non-hydrogen) atoms. The molecular formula is C16H20N4O3. The number of nitrogens with zero attached hydrogens (tertiary/aromatic N) is 1. The molecule has 0 atom stereocenters. The van der Waals surface area contributed by atoms with Gasteiger partial charge in [0.25, 0.3) is 0 Å². The first-order valence-corrected chi connectivity index (χ1v) is 7.09. The largest absolute Gasteiger partial charge is 0.490 e. The molecule has 0 aliphatic rings. The number of hydrazine groups is 2. The minimum absolute atomic E-state index is 0.0319. The van der Waals surface area contributed by atoms with Gasteiger partial charge in [-0.15, -0.1) is 0 Å². The van der Waals surface area contributed by atoms with E-state index in [0.717, 1.165) is 5.01 Å². The van der Waals surface area contributed by atoms with Crippen LogP contribution in [0.25, 0.3) is 12.2 Å². The molecule has 0 bridgehead atoms. The van der Waals surface area contributed by atoms with Gasteiger partial charge in [-0.05, 0) is 50.3 Å². The Hall–Kier alpha value is -2.77. The first-order chi connectivity index (χ1) is 11.0. The van der Waals surface area contributed by atoms with Crippen LogP contribution >= 0.6 is 0 Å². The lowest BCUT2D eigenvalue weighted by Crippen LogP contribution is -2.47. The van der Waals surface area contributed by atoms with Crippen molar-refractivity contribution in [1.29, 1.82) is 0 Å². The van der Waals surface area contributed by atoms with Crippen LogP contribution in [0.2, 0.25) is 0 Å². The third-order valence-corrected chi connectivity index (χ3v) is 2.97. The second-order valence-corrected chi connectivity index (χ2v) is 5.02. The molecule has 0 spiro atoms. The zero-order valence-corrected chi connectivity index (χ0v) is 13.0. The molecular weight excluding hydrogens is 296 g/mol. The van der Waals surface area contributed by atoms with Crippen molar-refractivity contribution in [3.05, 3.63) is 47.9 Å². The number of nitrogens with one attached hydrogen (secondary N) is 1. The lowest BCUT2D eigenvalue weighted by Gasteiger charge is -2.21. The molecule has 1 heterocycles. The molecule has 0 fully saturated rings. The summed E-state index contributed by atoms with van der Waals surface area (Å²) in [5.74, 6) is 12.2. The number of ether oxygens (including phenoxy) is 1. The topological polar surface area (TPSA) is 107 Å². The molecule has 122 valence electrons. The second kappa shape index (κ2) is 7.48. The number of rotatable bonds is 5. The minimum Gasteiger partial charge on any atom is -0.490 e. The van der Waals surface area contributed by atoms with Crippen LogP contribution in [-0.4, -0.2) is 12.1 Å². The van der Waals surface area contributed by atoms with Gasteiger partial charge >= 0.3 is 6.03 Å². The molecule has 0 saturated carbocycles. The molecule has 2 amide bonds. The van der Waals surface area contributed by atoms with Gasteiger partial charge in [-0.3, -0.25) is 5.43 Å². The average molecular weight is 316 g/mol. The van der Waals surface area contributed by atoms with E-state index in [9.17, 15) is 4.79 Å². The van der Waals surface area contributed by atoms with E-state index in [1.165, 1.54) is 0 Å². The van der Waals surface area contributed by atoms with Crippen LogP contribution in [0.1, 0.15) is 25.2 Å². The van der Waals surface area contributed by atoms with Gasteiger partial charge in [-0.25, -0.2) is 21.5 Å². The lowest BCUT2D eigenvalue weighted by atomic mass is 10.1. The van der Waals surface area contributed by atoms with Gasteiger partial charge in [-0.1, -0.05) is 6.07 Å². The number of furan rings is 1. The van der Waals surface area contributed by atoms with Crippen molar-refractivity contribution in [1.82, 2.24) is 5.43 Å². The number of nitrogens with two attached hydrogens (primary N) is 2. The molecule has 0 aliphatic carbocycles. The third-order valence-electron chi connectivity index (χ3n) is 2.97. The van der Waals surface area contributed by atoms with Crippen molar-refractivity contribution >= 4 is 23.9 Å². The fraction of sp³-hybridized carbons (Fsp3) is 0.188. The number of hydrogen-bond donors (Lipinski definition) is 3. The highest BCUT2D eigenvalue weighted by Gasteiger charge is 2.17. The number of amides is 2. The Morgan fingerprint density at radius 2 is 2.09 bits per heavy atom. The summed E-state index contributed by atoms with van der Waals surface area (Å²) in [6, 6.07) is 8.22. The summed E-state index contributed by atoms with van der Waals surface area (Å²) in [5.41, 5.74) is 3.09. The number of urea groups is 1.